The monoisotopic (exact) mass is 262 g/mol. The Morgan fingerprint density at radius 1 is 1.42 bits per heavy atom. The molecule has 1 fully saturated rings. The number of carboxylic acids is 1. The van der Waals surface area contributed by atoms with Gasteiger partial charge in [-0.1, -0.05) is 13.8 Å². The molecule has 1 aromatic heterocycles. The SMILES string of the molecule is CC(C)C(c1ccncc1)N1CC(C(=O)O)CC1=O. The van der Waals surface area contributed by atoms with Crippen LogP contribution < -0.4 is 0 Å². The Bertz CT molecular complexity index is 473. The molecule has 2 unspecified atom stereocenters. The van der Waals surface area contributed by atoms with E-state index in [1.54, 1.807) is 17.3 Å². The fourth-order valence-corrected chi connectivity index (χ4v) is 2.65. The Kier molecular flexibility index (Phi) is 3.83. The van der Waals surface area contributed by atoms with Crippen LogP contribution >= 0.6 is 0 Å². The molecule has 19 heavy (non-hydrogen) atoms. The zero-order chi connectivity index (χ0) is 14.0. The summed E-state index contributed by atoms with van der Waals surface area (Å²) in [7, 11) is 0. The molecule has 2 rings (SSSR count). The summed E-state index contributed by atoms with van der Waals surface area (Å²) in [5, 5.41) is 9.05. The zero-order valence-corrected chi connectivity index (χ0v) is 11.1. The minimum Gasteiger partial charge on any atom is -0.481 e. The molecule has 1 aromatic rings. The number of carbonyl (C=O) groups is 2. The Labute approximate surface area is 112 Å². The largest absolute Gasteiger partial charge is 0.481 e. The maximum Gasteiger partial charge on any atom is 0.308 e. The Morgan fingerprint density at radius 3 is 2.53 bits per heavy atom. The molecule has 2 atom stereocenters. The van der Waals surface area contributed by atoms with E-state index in [2.05, 4.69) is 4.98 Å². The molecule has 1 aliphatic heterocycles. The molecule has 0 aliphatic carbocycles. The number of likely N-dealkylation sites (tertiary alicyclic amines) is 1. The molecule has 2 heterocycles. The predicted octanol–water partition coefficient (Wildman–Crippen LogP) is 1.71. The van der Waals surface area contributed by atoms with Gasteiger partial charge in [0.15, 0.2) is 0 Å². The third kappa shape index (κ3) is 2.75. The Morgan fingerprint density at radius 2 is 2.05 bits per heavy atom. The van der Waals surface area contributed by atoms with Gasteiger partial charge in [0.25, 0.3) is 0 Å². The standard InChI is InChI=1S/C14H18N2O3/c1-9(2)13(10-3-5-15-6-4-10)16-8-11(14(18)19)7-12(16)17/h3-6,9,11,13H,7-8H2,1-2H3,(H,18,19). The van der Waals surface area contributed by atoms with Gasteiger partial charge in [0, 0.05) is 25.4 Å². The van der Waals surface area contributed by atoms with Gasteiger partial charge in [-0.2, -0.15) is 0 Å². The van der Waals surface area contributed by atoms with Crippen LogP contribution in [-0.2, 0) is 9.59 Å². The summed E-state index contributed by atoms with van der Waals surface area (Å²) < 4.78 is 0. The second-order valence-electron chi connectivity index (χ2n) is 5.25. The summed E-state index contributed by atoms with van der Waals surface area (Å²) in [6.07, 6.45) is 3.49. The lowest BCUT2D eigenvalue weighted by molar-refractivity contribution is -0.141. The normalized spacial score (nSPS) is 20.9. The van der Waals surface area contributed by atoms with Crippen molar-refractivity contribution in [2.24, 2.45) is 11.8 Å². The first kappa shape index (κ1) is 13.5. The second kappa shape index (κ2) is 5.38. The van der Waals surface area contributed by atoms with E-state index in [0.29, 0.717) is 6.54 Å². The van der Waals surface area contributed by atoms with E-state index in [1.807, 2.05) is 26.0 Å². The lowest BCUT2D eigenvalue weighted by atomic mass is 9.95. The van der Waals surface area contributed by atoms with Gasteiger partial charge in [-0.05, 0) is 23.6 Å². The van der Waals surface area contributed by atoms with Crippen LogP contribution in [-0.4, -0.2) is 33.4 Å². The number of aliphatic carboxylic acids is 1. The Hall–Kier alpha value is -1.91. The highest BCUT2D eigenvalue weighted by Crippen LogP contribution is 2.33. The summed E-state index contributed by atoms with van der Waals surface area (Å²) in [5.74, 6) is -1.34. The van der Waals surface area contributed by atoms with Gasteiger partial charge in [0.05, 0.1) is 12.0 Å². The van der Waals surface area contributed by atoms with Gasteiger partial charge in [-0.25, -0.2) is 0 Å². The van der Waals surface area contributed by atoms with Crippen molar-refractivity contribution in [1.82, 2.24) is 9.88 Å². The highest BCUT2D eigenvalue weighted by Gasteiger charge is 2.39. The Balaban J connectivity index is 2.26. The number of carboxylic acid groups (broad SMARTS) is 1. The van der Waals surface area contributed by atoms with E-state index in [0.717, 1.165) is 5.56 Å². The first-order chi connectivity index (χ1) is 9.00. The van der Waals surface area contributed by atoms with Crippen LogP contribution in [0.1, 0.15) is 31.9 Å². The molecule has 0 radical (unpaired) electrons. The summed E-state index contributed by atoms with van der Waals surface area (Å²) in [6, 6.07) is 3.68. The van der Waals surface area contributed by atoms with Crippen LogP contribution in [0, 0.1) is 11.8 Å². The zero-order valence-electron chi connectivity index (χ0n) is 11.1. The van der Waals surface area contributed by atoms with Crippen molar-refractivity contribution in [2.45, 2.75) is 26.3 Å². The quantitative estimate of drug-likeness (QED) is 0.896. The van der Waals surface area contributed by atoms with E-state index in [9.17, 15) is 9.59 Å². The van der Waals surface area contributed by atoms with Crippen LogP contribution in [0.3, 0.4) is 0 Å². The highest BCUT2D eigenvalue weighted by atomic mass is 16.4. The van der Waals surface area contributed by atoms with Crippen LogP contribution in [0.2, 0.25) is 0 Å². The number of hydrogen-bond donors (Lipinski definition) is 1. The third-order valence-corrected chi connectivity index (χ3v) is 3.52. The summed E-state index contributed by atoms with van der Waals surface area (Å²) in [6.45, 7) is 4.36. The molecule has 0 saturated carbocycles. The molecule has 1 aliphatic rings. The van der Waals surface area contributed by atoms with Gasteiger partial charge in [0.2, 0.25) is 5.91 Å². The molecule has 1 saturated heterocycles. The lowest BCUT2D eigenvalue weighted by Gasteiger charge is -2.31. The molecule has 0 spiro atoms. The summed E-state index contributed by atoms with van der Waals surface area (Å²) >= 11 is 0. The number of rotatable bonds is 4. The van der Waals surface area contributed by atoms with E-state index in [4.69, 9.17) is 5.11 Å². The van der Waals surface area contributed by atoms with Gasteiger partial charge in [0.1, 0.15) is 0 Å². The van der Waals surface area contributed by atoms with Crippen molar-refractivity contribution in [3.8, 4) is 0 Å². The van der Waals surface area contributed by atoms with Gasteiger partial charge < -0.3 is 10.0 Å². The van der Waals surface area contributed by atoms with E-state index >= 15 is 0 Å². The maximum absolute atomic E-state index is 12.1. The van der Waals surface area contributed by atoms with Crippen LogP contribution in [0.15, 0.2) is 24.5 Å². The van der Waals surface area contributed by atoms with Gasteiger partial charge >= 0.3 is 5.97 Å². The van der Waals surface area contributed by atoms with Crippen molar-refractivity contribution < 1.29 is 14.7 Å². The number of nitrogens with zero attached hydrogens (tertiary/aromatic N) is 2. The maximum atomic E-state index is 12.1. The van der Waals surface area contributed by atoms with Crippen molar-refractivity contribution in [3.63, 3.8) is 0 Å². The fraction of sp³-hybridized carbons (Fsp3) is 0.500. The third-order valence-electron chi connectivity index (χ3n) is 3.52. The molecular weight excluding hydrogens is 244 g/mol. The van der Waals surface area contributed by atoms with Crippen LogP contribution in [0.4, 0.5) is 0 Å². The first-order valence-corrected chi connectivity index (χ1v) is 6.43. The number of hydrogen-bond acceptors (Lipinski definition) is 3. The number of amides is 1. The fourth-order valence-electron chi connectivity index (χ4n) is 2.65. The highest BCUT2D eigenvalue weighted by molar-refractivity contribution is 5.86. The van der Waals surface area contributed by atoms with Crippen molar-refractivity contribution >= 4 is 11.9 Å². The smallest absolute Gasteiger partial charge is 0.308 e. The average molecular weight is 262 g/mol. The number of pyridine rings is 1. The van der Waals surface area contributed by atoms with Crippen molar-refractivity contribution in [3.05, 3.63) is 30.1 Å². The number of carbonyl (C=O) groups excluding carboxylic acids is 1. The van der Waals surface area contributed by atoms with E-state index < -0.39 is 11.9 Å². The molecule has 5 heteroatoms. The second-order valence-corrected chi connectivity index (χ2v) is 5.25. The minimum absolute atomic E-state index is 0.0806. The van der Waals surface area contributed by atoms with E-state index in [-0.39, 0.29) is 24.3 Å². The predicted molar refractivity (Wildman–Crippen MR) is 69.3 cm³/mol. The van der Waals surface area contributed by atoms with E-state index in [1.165, 1.54) is 0 Å². The summed E-state index contributed by atoms with van der Waals surface area (Å²) in [4.78, 5) is 28.8. The topological polar surface area (TPSA) is 70.5 Å². The van der Waals surface area contributed by atoms with Gasteiger partial charge in [-0.15, -0.1) is 0 Å². The van der Waals surface area contributed by atoms with Crippen LogP contribution in [0.5, 0.6) is 0 Å². The average Bonchev–Trinajstić information content (AvgIpc) is 2.73. The van der Waals surface area contributed by atoms with Gasteiger partial charge in [-0.3, -0.25) is 14.6 Å². The first-order valence-electron chi connectivity index (χ1n) is 6.43. The lowest BCUT2D eigenvalue weighted by Crippen LogP contribution is -2.34. The molecule has 0 bridgehead atoms. The summed E-state index contributed by atoms with van der Waals surface area (Å²) in [5.41, 5.74) is 1.00. The molecule has 5 nitrogen and oxygen atoms in total. The molecule has 0 aromatic carbocycles. The number of aromatic nitrogens is 1. The molecule has 1 amide bonds. The minimum atomic E-state index is -0.895. The molecule has 102 valence electrons. The molecular formula is C14H18N2O3. The van der Waals surface area contributed by atoms with Crippen molar-refractivity contribution in [2.75, 3.05) is 6.54 Å². The van der Waals surface area contributed by atoms with Crippen molar-refractivity contribution in [1.29, 1.82) is 0 Å². The molecule has 1 N–H and O–H groups in total. The van der Waals surface area contributed by atoms with Crippen LogP contribution in [0.25, 0.3) is 0 Å².